The molecule has 1 aliphatic heterocycles. The zero-order chi connectivity index (χ0) is 15.7. The summed E-state index contributed by atoms with van der Waals surface area (Å²) in [6.07, 6.45) is 4.27. The van der Waals surface area contributed by atoms with Crippen LogP contribution in [0.5, 0.6) is 0 Å². The monoisotopic (exact) mass is 344 g/mol. The first-order valence-electron chi connectivity index (χ1n) is 7.88. The van der Waals surface area contributed by atoms with Crippen LogP contribution in [-0.4, -0.2) is 61.3 Å². The van der Waals surface area contributed by atoms with Crippen molar-refractivity contribution in [2.75, 3.05) is 38.1 Å². The van der Waals surface area contributed by atoms with Crippen LogP contribution in [0.3, 0.4) is 0 Å². The van der Waals surface area contributed by atoms with Crippen molar-refractivity contribution in [3.8, 4) is 0 Å². The van der Waals surface area contributed by atoms with E-state index in [1.165, 1.54) is 0 Å². The number of hydrogen-bond acceptors (Lipinski definition) is 5. The van der Waals surface area contributed by atoms with Crippen LogP contribution in [0.25, 0.3) is 0 Å². The SMILES string of the molecule is Cc1csc(N2CCN(S(=O)(=O)N(C)C3CCCC3)CC2)n1. The summed E-state index contributed by atoms with van der Waals surface area (Å²) in [5, 5.41) is 3.03. The lowest BCUT2D eigenvalue weighted by molar-refractivity contribution is 0.308. The van der Waals surface area contributed by atoms with Gasteiger partial charge in [-0.3, -0.25) is 0 Å². The van der Waals surface area contributed by atoms with Crippen LogP contribution in [0.15, 0.2) is 5.38 Å². The normalized spacial score (nSPS) is 21.9. The third-order valence-corrected chi connectivity index (χ3v) is 7.71. The molecule has 3 rings (SSSR count). The molecule has 1 saturated carbocycles. The molecule has 0 unspecified atom stereocenters. The van der Waals surface area contributed by atoms with Gasteiger partial charge in [0.15, 0.2) is 5.13 Å². The number of rotatable bonds is 4. The molecule has 2 fully saturated rings. The molecule has 0 amide bonds. The van der Waals surface area contributed by atoms with Gasteiger partial charge in [0.25, 0.3) is 10.2 Å². The Hall–Kier alpha value is -0.700. The second kappa shape index (κ2) is 6.43. The van der Waals surface area contributed by atoms with Crippen LogP contribution < -0.4 is 4.90 Å². The zero-order valence-electron chi connectivity index (χ0n) is 13.2. The Morgan fingerprint density at radius 2 is 1.86 bits per heavy atom. The molecule has 8 heteroatoms. The molecular formula is C14H24N4O2S2. The molecule has 2 heterocycles. The minimum absolute atomic E-state index is 0.185. The smallest absolute Gasteiger partial charge is 0.282 e. The summed E-state index contributed by atoms with van der Waals surface area (Å²) < 4.78 is 28.7. The molecule has 0 bridgehead atoms. The fraction of sp³-hybridized carbons (Fsp3) is 0.786. The van der Waals surface area contributed by atoms with Gasteiger partial charge in [0, 0.05) is 44.6 Å². The molecule has 1 saturated heterocycles. The van der Waals surface area contributed by atoms with E-state index < -0.39 is 10.2 Å². The molecule has 1 aromatic rings. The van der Waals surface area contributed by atoms with Crippen LogP contribution in [0.2, 0.25) is 0 Å². The highest BCUT2D eigenvalue weighted by atomic mass is 32.2. The maximum absolute atomic E-state index is 12.7. The molecule has 0 atom stereocenters. The highest BCUT2D eigenvalue weighted by molar-refractivity contribution is 7.86. The Bertz CT molecular complexity index is 602. The maximum atomic E-state index is 12.7. The maximum Gasteiger partial charge on any atom is 0.282 e. The Morgan fingerprint density at radius 3 is 2.41 bits per heavy atom. The van der Waals surface area contributed by atoms with Crippen LogP contribution in [0, 0.1) is 6.92 Å². The number of piperazine rings is 1. The largest absolute Gasteiger partial charge is 0.345 e. The van der Waals surface area contributed by atoms with Gasteiger partial charge >= 0.3 is 0 Å². The first-order chi connectivity index (χ1) is 10.5. The number of hydrogen-bond donors (Lipinski definition) is 0. The molecule has 6 nitrogen and oxygen atoms in total. The molecule has 0 aromatic carbocycles. The fourth-order valence-corrected chi connectivity index (χ4v) is 5.67. The highest BCUT2D eigenvalue weighted by Crippen LogP contribution is 2.27. The van der Waals surface area contributed by atoms with Crippen LogP contribution >= 0.6 is 11.3 Å². The Kier molecular flexibility index (Phi) is 4.72. The minimum atomic E-state index is -3.32. The summed E-state index contributed by atoms with van der Waals surface area (Å²) in [4.78, 5) is 6.67. The van der Waals surface area contributed by atoms with Crippen LogP contribution in [0.1, 0.15) is 31.4 Å². The molecule has 2 aliphatic rings. The highest BCUT2D eigenvalue weighted by Gasteiger charge is 2.35. The van der Waals surface area contributed by atoms with Crippen LogP contribution in [-0.2, 0) is 10.2 Å². The number of aromatic nitrogens is 1. The second-order valence-corrected chi connectivity index (χ2v) is 8.94. The molecule has 1 aliphatic carbocycles. The molecule has 0 spiro atoms. The van der Waals surface area contributed by atoms with E-state index in [2.05, 4.69) is 9.88 Å². The van der Waals surface area contributed by atoms with Crippen molar-refractivity contribution in [1.82, 2.24) is 13.6 Å². The van der Waals surface area contributed by atoms with E-state index >= 15 is 0 Å². The summed E-state index contributed by atoms with van der Waals surface area (Å²) >= 11 is 1.63. The topological polar surface area (TPSA) is 56.8 Å². The van der Waals surface area contributed by atoms with Crippen molar-refractivity contribution in [1.29, 1.82) is 0 Å². The van der Waals surface area contributed by atoms with Crippen molar-refractivity contribution < 1.29 is 8.42 Å². The number of nitrogens with zero attached hydrogens (tertiary/aromatic N) is 4. The van der Waals surface area contributed by atoms with E-state index in [9.17, 15) is 8.42 Å². The average Bonchev–Trinajstić information content (AvgIpc) is 3.18. The third kappa shape index (κ3) is 3.15. The summed E-state index contributed by atoms with van der Waals surface area (Å²) in [5.41, 5.74) is 1.02. The number of aryl methyl sites for hydroxylation is 1. The lowest BCUT2D eigenvalue weighted by Gasteiger charge is -2.37. The summed E-state index contributed by atoms with van der Waals surface area (Å²) in [5.74, 6) is 0. The quantitative estimate of drug-likeness (QED) is 0.834. The van der Waals surface area contributed by atoms with Gasteiger partial charge in [-0.1, -0.05) is 12.8 Å². The average molecular weight is 345 g/mol. The predicted octanol–water partition coefficient (Wildman–Crippen LogP) is 1.69. The molecule has 124 valence electrons. The van der Waals surface area contributed by atoms with Gasteiger partial charge < -0.3 is 4.90 Å². The van der Waals surface area contributed by atoms with Gasteiger partial charge in [-0.2, -0.15) is 17.0 Å². The molecule has 0 radical (unpaired) electrons. The van der Waals surface area contributed by atoms with E-state index in [1.807, 2.05) is 12.3 Å². The van der Waals surface area contributed by atoms with Crippen molar-refractivity contribution in [2.45, 2.75) is 38.6 Å². The van der Waals surface area contributed by atoms with Gasteiger partial charge in [-0.15, -0.1) is 11.3 Å². The van der Waals surface area contributed by atoms with E-state index in [1.54, 1.807) is 27.0 Å². The standard InChI is InChI=1S/C14H24N4O2S2/c1-12-11-21-14(15-12)17-7-9-18(10-8-17)22(19,20)16(2)13-5-3-4-6-13/h11,13H,3-10H2,1-2H3. The first kappa shape index (κ1) is 16.2. The Morgan fingerprint density at radius 1 is 1.23 bits per heavy atom. The number of anilines is 1. The predicted molar refractivity (Wildman–Crippen MR) is 89.6 cm³/mol. The summed E-state index contributed by atoms with van der Waals surface area (Å²) in [6.45, 7) is 4.49. The van der Waals surface area contributed by atoms with E-state index in [0.717, 1.165) is 36.5 Å². The molecule has 0 N–H and O–H groups in total. The van der Waals surface area contributed by atoms with Gasteiger partial charge in [-0.05, 0) is 19.8 Å². The molecule has 22 heavy (non-hydrogen) atoms. The fourth-order valence-electron chi connectivity index (χ4n) is 3.24. The molecular weight excluding hydrogens is 320 g/mol. The summed E-state index contributed by atoms with van der Waals surface area (Å²) in [6, 6.07) is 0.185. The Balaban J connectivity index is 1.62. The Labute approximate surface area is 136 Å². The van der Waals surface area contributed by atoms with Gasteiger partial charge in [0.05, 0.1) is 5.69 Å². The van der Waals surface area contributed by atoms with Gasteiger partial charge in [0.2, 0.25) is 0 Å². The molecule has 1 aromatic heterocycles. The van der Waals surface area contributed by atoms with Crippen molar-refractivity contribution in [2.24, 2.45) is 0 Å². The summed E-state index contributed by atoms with van der Waals surface area (Å²) in [7, 11) is -1.58. The van der Waals surface area contributed by atoms with Crippen LogP contribution in [0.4, 0.5) is 5.13 Å². The minimum Gasteiger partial charge on any atom is -0.345 e. The van der Waals surface area contributed by atoms with E-state index in [0.29, 0.717) is 26.2 Å². The first-order valence-corrected chi connectivity index (χ1v) is 10.2. The van der Waals surface area contributed by atoms with Gasteiger partial charge in [0.1, 0.15) is 0 Å². The number of thiazole rings is 1. The lowest BCUT2D eigenvalue weighted by Crippen LogP contribution is -2.53. The van der Waals surface area contributed by atoms with Crippen molar-refractivity contribution >= 4 is 26.7 Å². The van der Waals surface area contributed by atoms with E-state index in [-0.39, 0.29) is 6.04 Å². The van der Waals surface area contributed by atoms with E-state index in [4.69, 9.17) is 0 Å². The van der Waals surface area contributed by atoms with Gasteiger partial charge in [-0.25, -0.2) is 4.98 Å². The van der Waals surface area contributed by atoms with Crippen molar-refractivity contribution in [3.05, 3.63) is 11.1 Å². The third-order valence-electron chi connectivity index (χ3n) is 4.65. The zero-order valence-corrected chi connectivity index (χ0v) is 14.9. The van der Waals surface area contributed by atoms with Crippen molar-refractivity contribution in [3.63, 3.8) is 0 Å². The lowest BCUT2D eigenvalue weighted by atomic mass is 10.3. The second-order valence-electron chi connectivity index (χ2n) is 6.12.